The van der Waals surface area contributed by atoms with Crippen LogP contribution in [0.25, 0.3) is 0 Å². The molecule has 1 aromatic carbocycles. The summed E-state index contributed by atoms with van der Waals surface area (Å²) in [4.78, 5) is 11.1. The van der Waals surface area contributed by atoms with Gasteiger partial charge in [-0.3, -0.25) is 4.79 Å². The van der Waals surface area contributed by atoms with E-state index < -0.39 is 0 Å². The molecule has 4 heteroatoms. The molecule has 0 saturated carbocycles. The fourth-order valence-electron chi connectivity index (χ4n) is 1.05. The first kappa shape index (κ1) is 11.2. The van der Waals surface area contributed by atoms with Gasteiger partial charge in [-0.1, -0.05) is 12.1 Å². The molecule has 1 aromatic rings. The molecule has 76 valence electrons. The molecule has 0 unspecified atom stereocenters. The van der Waals surface area contributed by atoms with Crippen molar-refractivity contribution in [2.24, 2.45) is 0 Å². The molecule has 0 saturated heterocycles. The zero-order chi connectivity index (χ0) is 10.6. The summed E-state index contributed by atoms with van der Waals surface area (Å²) >= 11 is 3.08. The molecule has 0 heterocycles. The number of hydrogen-bond donors (Lipinski definition) is 0. The summed E-state index contributed by atoms with van der Waals surface area (Å²) in [5, 5.41) is 0. The SMILES string of the molecule is CCOC(=O)Cc1cccc(F)c1Br. The second-order valence-electron chi connectivity index (χ2n) is 2.69. The van der Waals surface area contributed by atoms with Crippen molar-refractivity contribution in [2.75, 3.05) is 6.61 Å². The van der Waals surface area contributed by atoms with Gasteiger partial charge in [-0.2, -0.15) is 0 Å². The van der Waals surface area contributed by atoms with Gasteiger partial charge in [-0.15, -0.1) is 0 Å². The Morgan fingerprint density at radius 2 is 2.29 bits per heavy atom. The van der Waals surface area contributed by atoms with Crippen LogP contribution in [0.15, 0.2) is 22.7 Å². The molecule has 0 aliphatic carbocycles. The molecule has 0 radical (unpaired) electrons. The summed E-state index contributed by atoms with van der Waals surface area (Å²) < 4.78 is 18.1. The third-order valence-corrected chi connectivity index (χ3v) is 2.56. The molecule has 2 nitrogen and oxygen atoms in total. The molecule has 1 rings (SSSR count). The second-order valence-corrected chi connectivity index (χ2v) is 3.49. The van der Waals surface area contributed by atoms with Crippen molar-refractivity contribution in [3.05, 3.63) is 34.1 Å². The first-order valence-electron chi connectivity index (χ1n) is 4.23. The smallest absolute Gasteiger partial charge is 0.310 e. The molecule has 0 amide bonds. The average molecular weight is 261 g/mol. The minimum absolute atomic E-state index is 0.0895. The molecular formula is C10H10BrFO2. The van der Waals surface area contributed by atoms with Crippen molar-refractivity contribution in [1.82, 2.24) is 0 Å². The number of hydrogen-bond acceptors (Lipinski definition) is 2. The zero-order valence-electron chi connectivity index (χ0n) is 7.72. The molecule has 0 atom stereocenters. The van der Waals surface area contributed by atoms with E-state index in [-0.39, 0.29) is 18.2 Å². The van der Waals surface area contributed by atoms with E-state index in [1.54, 1.807) is 19.1 Å². The Balaban J connectivity index is 2.76. The fraction of sp³-hybridized carbons (Fsp3) is 0.300. The van der Waals surface area contributed by atoms with Gasteiger partial charge >= 0.3 is 5.97 Å². The van der Waals surface area contributed by atoms with Gasteiger partial charge in [-0.25, -0.2) is 4.39 Å². The van der Waals surface area contributed by atoms with Crippen molar-refractivity contribution in [3.63, 3.8) is 0 Å². The molecule has 0 aliphatic heterocycles. The third kappa shape index (κ3) is 2.80. The Morgan fingerprint density at radius 1 is 1.57 bits per heavy atom. The first-order chi connectivity index (χ1) is 6.65. The molecule has 0 bridgehead atoms. The Bertz CT molecular complexity index is 339. The van der Waals surface area contributed by atoms with E-state index in [9.17, 15) is 9.18 Å². The minimum Gasteiger partial charge on any atom is -0.466 e. The number of carbonyl (C=O) groups is 1. The van der Waals surface area contributed by atoms with E-state index in [1.807, 2.05) is 0 Å². The van der Waals surface area contributed by atoms with Crippen molar-refractivity contribution in [2.45, 2.75) is 13.3 Å². The maximum Gasteiger partial charge on any atom is 0.310 e. The highest BCUT2D eigenvalue weighted by Crippen LogP contribution is 2.20. The summed E-state index contributed by atoms with van der Waals surface area (Å²) in [5.41, 5.74) is 0.600. The van der Waals surface area contributed by atoms with E-state index in [0.29, 0.717) is 16.6 Å². The Morgan fingerprint density at radius 3 is 2.93 bits per heavy atom. The van der Waals surface area contributed by atoms with Crippen LogP contribution in [0, 0.1) is 5.82 Å². The van der Waals surface area contributed by atoms with Crippen LogP contribution in [0.2, 0.25) is 0 Å². The Labute approximate surface area is 90.2 Å². The lowest BCUT2D eigenvalue weighted by molar-refractivity contribution is -0.142. The largest absolute Gasteiger partial charge is 0.466 e. The Hall–Kier alpha value is -0.900. The van der Waals surface area contributed by atoms with E-state index in [0.717, 1.165) is 0 Å². The van der Waals surface area contributed by atoms with E-state index >= 15 is 0 Å². The molecule has 0 spiro atoms. The summed E-state index contributed by atoms with van der Waals surface area (Å²) in [5.74, 6) is -0.717. The van der Waals surface area contributed by atoms with E-state index in [2.05, 4.69) is 15.9 Å². The zero-order valence-corrected chi connectivity index (χ0v) is 9.30. The van der Waals surface area contributed by atoms with Gasteiger partial charge in [0.2, 0.25) is 0 Å². The number of carbonyl (C=O) groups excluding carboxylic acids is 1. The number of esters is 1. The highest BCUT2D eigenvalue weighted by Gasteiger charge is 2.09. The number of benzene rings is 1. The normalized spacial score (nSPS) is 9.93. The lowest BCUT2D eigenvalue weighted by atomic mass is 10.1. The van der Waals surface area contributed by atoms with Gasteiger partial charge in [-0.05, 0) is 34.5 Å². The van der Waals surface area contributed by atoms with Crippen LogP contribution in [0.5, 0.6) is 0 Å². The monoisotopic (exact) mass is 260 g/mol. The van der Waals surface area contributed by atoms with Gasteiger partial charge < -0.3 is 4.74 Å². The van der Waals surface area contributed by atoms with E-state index in [4.69, 9.17) is 4.74 Å². The van der Waals surface area contributed by atoms with Gasteiger partial charge in [0.1, 0.15) is 5.82 Å². The maximum absolute atomic E-state index is 13.0. The average Bonchev–Trinajstić information content (AvgIpc) is 2.13. The third-order valence-electron chi connectivity index (χ3n) is 1.67. The van der Waals surface area contributed by atoms with Crippen LogP contribution < -0.4 is 0 Å². The summed E-state index contributed by atoms with van der Waals surface area (Å²) in [6, 6.07) is 4.58. The van der Waals surface area contributed by atoms with Crippen molar-refractivity contribution in [3.8, 4) is 0 Å². The summed E-state index contributed by atoms with van der Waals surface area (Å²) in [6.07, 6.45) is 0.0895. The Kier molecular flexibility index (Phi) is 4.07. The van der Waals surface area contributed by atoms with Gasteiger partial charge in [0.25, 0.3) is 0 Å². The van der Waals surface area contributed by atoms with Crippen LogP contribution in [0.3, 0.4) is 0 Å². The number of halogens is 2. The highest BCUT2D eigenvalue weighted by atomic mass is 79.9. The second kappa shape index (κ2) is 5.10. The van der Waals surface area contributed by atoms with Gasteiger partial charge in [0.05, 0.1) is 17.5 Å². The molecule has 0 aromatic heterocycles. The molecule has 0 N–H and O–H groups in total. The predicted octanol–water partition coefficient (Wildman–Crippen LogP) is 2.69. The molecule has 0 aliphatic rings. The maximum atomic E-state index is 13.0. The van der Waals surface area contributed by atoms with Gasteiger partial charge in [0.15, 0.2) is 0 Å². The molecule has 0 fully saturated rings. The minimum atomic E-state index is -0.369. The fourth-order valence-corrected chi connectivity index (χ4v) is 1.46. The van der Waals surface area contributed by atoms with Crippen LogP contribution in [-0.2, 0) is 16.0 Å². The lowest BCUT2D eigenvalue weighted by Gasteiger charge is -2.04. The van der Waals surface area contributed by atoms with Crippen LogP contribution in [0.1, 0.15) is 12.5 Å². The molecular weight excluding hydrogens is 251 g/mol. The van der Waals surface area contributed by atoms with E-state index in [1.165, 1.54) is 6.07 Å². The summed E-state index contributed by atoms with van der Waals surface area (Å²) in [7, 11) is 0. The molecule has 14 heavy (non-hydrogen) atoms. The van der Waals surface area contributed by atoms with Crippen LogP contribution in [0.4, 0.5) is 4.39 Å². The van der Waals surface area contributed by atoms with Crippen molar-refractivity contribution < 1.29 is 13.9 Å². The lowest BCUT2D eigenvalue weighted by Crippen LogP contribution is -2.08. The summed E-state index contributed by atoms with van der Waals surface area (Å²) in [6.45, 7) is 2.07. The first-order valence-corrected chi connectivity index (χ1v) is 5.03. The number of ether oxygens (including phenoxy) is 1. The topological polar surface area (TPSA) is 26.3 Å². The van der Waals surface area contributed by atoms with Crippen molar-refractivity contribution >= 4 is 21.9 Å². The van der Waals surface area contributed by atoms with Gasteiger partial charge in [0, 0.05) is 0 Å². The van der Waals surface area contributed by atoms with Crippen LogP contribution >= 0.6 is 15.9 Å². The highest BCUT2D eigenvalue weighted by molar-refractivity contribution is 9.10. The predicted molar refractivity (Wildman–Crippen MR) is 54.4 cm³/mol. The van der Waals surface area contributed by atoms with Crippen molar-refractivity contribution in [1.29, 1.82) is 0 Å². The number of rotatable bonds is 3. The quantitative estimate of drug-likeness (QED) is 0.782. The van der Waals surface area contributed by atoms with Crippen LogP contribution in [-0.4, -0.2) is 12.6 Å². The standard InChI is InChI=1S/C10H10BrFO2/c1-2-14-9(13)6-7-4-3-5-8(12)10(7)11/h3-5H,2,6H2,1H3.